The molecule has 1 aromatic heterocycles. The molecule has 2 fully saturated rings. The van der Waals surface area contributed by atoms with E-state index in [1.54, 1.807) is 0 Å². The van der Waals surface area contributed by atoms with Crippen LogP contribution in [0.25, 0.3) is 10.9 Å². The molecule has 1 spiro atoms. The van der Waals surface area contributed by atoms with Gasteiger partial charge in [0, 0.05) is 29.7 Å². The summed E-state index contributed by atoms with van der Waals surface area (Å²) in [6, 6.07) is 6.71. The fourth-order valence-corrected chi connectivity index (χ4v) is 3.90. The van der Waals surface area contributed by atoms with Gasteiger partial charge in [-0.2, -0.15) is 0 Å². The predicted molar refractivity (Wildman–Crippen MR) is 88.0 cm³/mol. The molecule has 1 atom stereocenters. The van der Waals surface area contributed by atoms with Gasteiger partial charge in [0.05, 0.1) is 0 Å². The third-order valence-corrected chi connectivity index (χ3v) is 5.52. The van der Waals surface area contributed by atoms with Crippen LogP contribution in [-0.4, -0.2) is 23.6 Å². The molecule has 0 aliphatic heterocycles. The van der Waals surface area contributed by atoms with Gasteiger partial charge in [-0.05, 0) is 55.2 Å². The number of rotatable bonds is 4. The van der Waals surface area contributed by atoms with Gasteiger partial charge in [-0.3, -0.25) is 0 Å². The first kappa shape index (κ1) is 13.7. The summed E-state index contributed by atoms with van der Waals surface area (Å²) in [5, 5.41) is 7.41. The van der Waals surface area contributed by atoms with Gasteiger partial charge in [0.1, 0.15) is 0 Å². The van der Waals surface area contributed by atoms with Gasteiger partial charge in [0.25, 0.3) is 0 Å². The van der Waals surface area contributed by atoms with Gasteiger partial charge >= 0.3 is 6.03 Å². The Labute approximate surface area is 130 Å². The zero-order valence-electron chi connectivity index (χ0n) is 13.0. The second kappa shape index (κ2) is 5.04. The average Bonchev–Trinajstić information content (AvgIpc) is 3.03. The highest BCUT2D eigenvalue weighted by molar-refractivity contribution is 5.86. The Balaban J connectivity index is 1.30. The van der Waals surface area contributed by atoms with Gasteiger partial charge < -0.3 is 15.6 Å². The summed E-state index contributed by atoms with van der Waals surface area (Å²) in [5.74, 6) is 0. The number of urea groups is 1. The molecule has 2 aliphatic rings. The molecule has 2 saturated carbocycles. The first-order valence-corrected chi connectivity index (χ1v) is 8.28. The van der Waals surface area contributed by atoms with Gasteiger partial charge in [-0.15, -0.1) is 0 Å². The molecule has 4 heteroatoms. The Bertz CT molecular complexity index is 714. The molecule has 4 nitrogen and oxygen atoms in total. The lowest BCUT2D eigenvalue weighted by atomic mass is 9.81. The van der Waals surface area contributed by atoms with Crippen LogP contribution in [0.1, 0.15) is 36.8 Å². The van der Waals surface area contributed by atoms with E-state index in [2.05, 4.69) is 46.9 Å². The lowest BCUT2D eigenvalue weighted by molar-refractivity contribution is 0.230. The molecule has 2 amide bonds. The summed E-state index contributed by atoms with van der Waals surface area (Å²) in [5.41, 5.74) is 4.22. The smallest absolute Gasteiger partial charge is 0.315 e. The van der Waals surface area contributed by atoms with Crippen molar-refractivity contribution in [3.8, 4) is 0 Å². The van der Waals surface area contributed by atoms with E-state index in [1.165, 1.54) is 47.7 Å². The van der Waals surface area contributed by atoms with E-state index in [0.717, 1.165) is 6.42 Å². The fourth-order valence-electron chi connectivity index (χ4n) is 3.90. The molecule has 1 heterocycles. The molecule has 4 rings (SSSR count). The minimum atomic E-state index is -0.00895. The molecule has 1 unspecified atom stereocenters. The quantitative estimate of drug-likeness (QED) is 0.797. The van der Waals surface area contributed by atoms with Crippen LogP contribution in [0, 0.1) is 12.3 Å². The molecular formula is C18H23N3O. The number of fused-ring (bicyclic) bond motifs is 1. The van der Waals surface area contributed by atoms with Crippen LogP contribution in [0.3, 0.4) is 0 Å². The fraction of sp³-hybridized carbons (Fsp3) is 0.500. The molecule has 1 aromatic carbocycles. The van der Waals surface area contributed by atoms with Gasteiger partial charge in [-0.25, -0.2) is 4.79 Å². The highest BCUT2D eigenvalue weighted by Gasteiger charge is 2.58. The number of nitrogens with one attached hydrogen (secondary N) is 3. The Morgan fingerprint density at radius 1 is 1.41 bits per heavy atom. The lowest BCUT2D eigenvalue weighted by Crippen LogP contribution is -2.40. The average molecular weight is 297 g/mol. The van der Waals surface area contributed by atoms with Crippen molar-refractivity contribution < 1.29 is 4.79 Å². The second-order valence-electron chi connectivity index (χ2n) is 6.93. The zero-order valence-corrected chi connectivity index (χ0v) is 13.0. The van der Waals surface area contributed by atoms with Crippen molar-refractivity contribution >= 4 is 16.9 Å². The van der Waals surface area contributed by atoms with E-state index in [1.807, 2.05) is 0 Å². The van der Waals surface area contributed by atoms with Gasteiger partial charge in [0.2, 0.25) is 0 Å². The monoisotopic (exact) mass is 297 g/mol. The number of H-pyrrole nitrogens is 1. The Morgan fingerprint density at radius 3 is 3.00 bits per heavy atom. The number of amides is 2. The minimum Gasteiger partial charge on any atom is -0.361 e. The van der Waals surface area contributed by atoms with E-state index in [4.69, 9.17) is 0 Å². The normalized spacial score (nSPS) is 21.6. The zero-order chi connectivity index (χ0) is 15.2. The van der Waals surface area contributed by atoms with Crippen LogP contribution in [-0.2, 0) is 6.42 Å². The summed E-state index contributed by atoms with van der Waals surface area (Å²) in [6.07, 6.45) is 8.02. The van der Waals surface area contributed by atoms with Crippen molar-refractivity contribution in [2.75, 3.05) is 6.54 Å². The SMILES string of the molecule is Cc1cccc2[nH]cc(CCNC(=O)NC3CC34CCC4)c12. The molecule has 116 valence electrons. The first-order valence-electron chi connectivity index (χ1n) is 8.28. The van der Waals surface area contributed by atoms with Crippen molar-refractivity contribution in [2.24, 2.45) is 5.41 Å². The van der Waals surface area contributed by atoms with Crippen molar-refractivity contribution in [1.29, 1.82) is 0 Å². The van der Waals surface area contributed by atoms with Crippen LogP contribution in [0.5, 0.6) is 0 Å². The molecular weight excluding hydrogens is 274 g/mol. The summed E-state index contributed by atoms with van der Waals surface area (Å²) < 4.78 is 0. The van der Waals surface area contributed by atoms with Crippen molar-refractivity contribution in [3.05, 3.63) is 35.5 Å². The van der Waals surface area contributed by atoms with E-state index in [-0.39, 0.29) is 6.03 Å². The number of hydrogen-bond acceptors (Lipinski definition) is 1. The first-order chi connectivity index (χ1) is 10.7. The van der Waals surface area contributed by atoms with Crippen LogP contribution in [0.2, 0.25) is 0 Å². The largest absolute Gasteiger partial charge is 0.361 e. The summed E-state index contributed by atoms with van der Waals surface area (Å²) >= 11 is 0. The summed E-state index contributed by atoms with van der Waals surface area (Å²) in [6.45, 7) is 2.80. The maximum atomic E-state index is 12.0. The van der Waals surface area contributed by atoms with Crippen molar-refractivity contribution in [2.45, 2.75) is 45.1 Å². The van der Waals surface area contributed by atoms with E-state index in [9.17, 15) is 4.79 Å². The minimum absolute atomic E-state index is 0.00895. The molecule has 22 heavy (non-hydrogen) atoms. The molecule has 2 aliphatic carbocycles. The lowest BCUT2D eigenvalue weighted by Gasteiger charge is -2.26. The maximum Gasteiger partial charge on any atom is 0.315 e. The Kier molecular flexibility index (Phi) is 3.13. The number of aromatic nitrogens is 1. The number of carbonyl (C=O) groups is 1. The van der Waals surface area contributed by atoms with Gasteiger partial charge in [-0.1, -0.05) is 18.6 Å². The highest BCUT2D eigenvalue weighted by Crippen LogP contribution is 2.60. The van der Waals surface area contributed by atoms with Crippen LogP contribution in [0.15, 0.2) is 24.4 Å². The van der Waals surface area contributed by atoms with Crippen LogP contribution in [0.4, 0.5) is 4.79 Å². The molecule has 0 radical (unpaired) electrons. The number of benzene rings is 1. The van der Waals surface area contributed by atoms with E-state index in [0.29, 0.717) is 18.0 Å². The topological polar surface area (TPSA) is 56.9 Å². The summed E-state index contributed by atoms with van der Waals surface area (Å²) in [7, 11) is 0. The third kappa shape index (κ3) is 2.27. The third-order valence-electron chi connectivity index (χ3n) is 5.52. The van der Waals surface area contributed by atoms with Crippen molar-refractivity contribution in [3.63, 3.8) is 0 Å². The van der Waals surface area contributed by atoms with E-state index >= 15 is 0 Å². The highest BCUT2D eigenvalue weighted by atomic mass is 16.2. The molecule has 0 saturated heterocycles. The number of aromatic amines is 1. The number of aryl methyl sites for hydroxylation is 1. The Morgan fingerprint density at radius 2 is 2.27 bits per heavy atom. The number of carbonyl (C=O) groups excluding carboxylic acids is 1. The molecule has 3 N–H and O–H groups in total. The van der Waals surface area contributed by atoms with Crippen LogP contribution >= 0.6 is 0 Å². The Hall–Kier alpha value is -1.97. The standard InChI is InChI=1S/C18H23N3O/c1-12-4-2-5-14-16(12)13(11-20-14)6-9-19-17(22)21-15-10-18(15)7-3-8-18/h2,4-5,11,15,20H,3,6-10H2,1H3,(H2,19,21,22). The van der Waals surface area contributed by atoms with Crippen LogP contribution < -0.4 is 10.6 Å². The second-order valence-corrected chi connectivity index (χ2v) is 6.93. The molecule has 2 aromatic rings. The predicted octanol–water partition coefficient (Wildman–Crippen LogP) is 3.26. The van der Waals surface area contributed by atoms with E-state index < -0.39 is 0 Å². The summed E-state index contributed by atoms with van der Waals surface area (Å²) in [4.78, 5) is 15.3. The maximum absolute atomic E-state index is 12.0. The number of hydrogen-bond donors (Lipinski definition) is 3. The van der Waals surface area contributed by atoms with Crippen molar-refractivity contribution in [1.82, 2.24) is 15.6 Å². The molecule has 0 bridgehead atoms. The van der Waals surface area contributed by atoms with Gasteiger partial charge in [0.15, 0.2) is 0 Å².